The number of rotatable bonds is 2. The summed E-state index contributed by atoms with van der Waals surface area (Å²) >= 11 is 0. The lowest BCUT2D eigenvalue weighted by atomic mass is 9.59. The zero-order valence-electron chi connectivity index (χ0n) is 11.0. The van der Waals surface area contributed by atoms with Crippen LogP contribution in [0.3, 0.4) is 0 Å². The van der Waals surface area contributed by atoms with Gasteiger partial charge in [-0.3, -0.25) is 4.79 Å². The van der Waals surface area contributed by atoms with E-state index in [9.17, 15) is 4.79 Å². The molecular weight excluding hydrogens is 234 g/mol. The minimum Gasteiger partial charge on any atom is -0.349 e. The second-order valence-electron chi connectivity index (χ2n) is 6.35. The van der Waals surface area contributed by atoms with Gasteiger partial charge in [0.15, 0.2) is 0 Å². The van der Waals surface area contributed by atoms with Crippen molar-refractivity contribution in [3.05, 3.63) is 47.5 Å². The van der Waals surface area contributed by atoms with Crippen LogP contribution in [-0.4, -0.2) is 11.9 Å². The minimum atomic E-state index is 0.104. The van der Waals surface area contributed by atoms with Crippen molar-refractivity contribution in [2.45, 2.75) is 31.7 Å². The van der Waals surface area contributed by atoms with Crippen molar-refractivity contribution in [2.24, 2.45) is 17.8 Å². The first-order chi connectivity index (χ1) is 9.29. The van der Waals surface area contributed by atoms with Gasteiger partial charge in [0, 0.05) is 11.6 Å². The van der Waals surface area contributed by atoms with Crippen molar-refractivity contribution in [1.82, 2.24) is 5.32 Å². The summed E-state index contributed by atoms with van der Waals surface area (Å²) in [6.45, 7) is 0. The lowest BCUT2D eigenvalue weighted by molar-refractivity contribution is 0.0752. The first kappa shape index (κ1) is 11.3. The van der Waals surface area contributed by atoms with Crippen LogP contribution in [0.2, 0.25) is 0 Å². The molecule has 1 amide bonds. The first-order valence-corrected chi connectivity index (χ1v) is 7.35. The second kappa shape index (κ2) is 4.22. The molecule has 98 valence electrons. The summed E-state index contributed by atoms with van der Waals surface area (Å²) in [6, 6.07) is 10.0. The smallest absolute Gasteiger partial charge is 0.251 e. The fourth-order valence-electron chi connectivity index (χ4n) is 4.39. The van der Waals surface area contributed by atoms with Gasteiger partial charge in [0.2, 0.25) is 0 Å². The highest BCUT2D eigenvalue weighted by Gasteiger charge is 2.45. The third kappa shape index (κ3) is 1.90. The molecule has 0 saturated heterocycles. The van der Waals surface area contributed by atoms with Crippen molar-refractivity contribution in [2.75, 3.05) is 0 Å². The van der Waals surface area contributed by atoms with Crippen LogP contribution in [0.1, 0.15) is 36.0 Å². The minimum absolute atomic E-state index is 0.104. The van der Waals surface area contributed by atoms with E-state index in [-0.39, 0.29) is 5.91 Å². The molecule has 0 spiro atoms. The Labute approximate surface area is 113 Å². The molecule has 0 aliphatic heterocycles. The van der Waals surface area contributed by atoms with Crippen molar-refractivity contribution in [3.63, 3.8) is 0 Å². The van der Waals surface area contributed by atoms with Gasteiger partial charge in [0.1, 0.15) is 0 Å². The maximum absolute atomic E-state index is 12.3. The standard InChI is InChI=1S/C17H19NO/c19-17(13-4-2-1-3-5-13)18-16-14-7-11-6-12(9-14)10-15(16)8-11/h1-6,11,14-16H,7-10H2,(H,18,19). The number of nitrogens with one attached hydrogen (secondary N) is 1. The van der Waals surface area contributed by atoms with Crippen LogP contribution in [0.5, 0.6) is 0 Å². The molecule has 2 fully saturated rings. The number of allylic oxidation sites excluding steroid dienone is 2. The van der Waals surface area contributed by atoms with Crippen LogP contribution >= 0.6 is 0 Å². The zero-order valence-corrected chi connectivity index (χ0v) is 11.0. The maximum Gasteiger partial charge on any atom is 0.251 e. The molecule has 19 heavy (non-hydrogen) atoms. The highest BCUT2D eigenvalue weighted by atomic mass is 16.1. The van der Waals surface area contributed by atoms with Gasteiger partial charge >= 0.3 is 0 Å². The van der Waals surface area contributed by atoms with Gasteiger partial charge in [-0.05, 0) is 55.6 Å². The molecule has 0 heterocycles. The molecule has 5 rings (SSSR count). The molecule has 4 aliphatic rings. The van der Waals surface area contributed by atoms with E-state index < -0.39 is 0 Å². The summed E-state index contributed by atoms with van der Waals surface area (Å²) < 4.78 is 0. The fraction of sp³-hybridized carbons (Fsp3) is 0.471. The average molecular weight is 253 g/mol. The van der Waals surface area contributed by atoms with Crippen LogP contribution in [0.25, 0.3) is 0 Å². The Hall–Kier alpha value is -1.57. The largest absolute Gasteiger partial charge is 0.349 e. The summed E-state index contributed by atoms with van der Waals surface area (Å²) in [4.78, 5) is 12.3. The Kier molecular flexibility index (Phi) is 2.51. The van der Waals surface area contributed by atoms with Crippen molar-refractivity contribution < 1.29 is 4.79 Å². The topological polar surface area (TPSA) is 29.1 Å². The van der Waals surface area contributed by atoms with Gasteiger partial charge in [-0.25, -0.2) is 0 Å². The molecule has 2 unspecified atom stereocenters. The van der Waals surface area contributed by atoms with Gasteiger partial charge in [-0.2, -0.15) is 0 Å². The predicted octanol–water partition coefficient (Wildman–Crippen LogP) is 3.16. The van der Waals surface area contributed by atoms with E-state index >= 15 is 0 Å². The van der Waals surface area contributed by atoms with Crippen molar-refractivity contribution in [1.29, 1.82) is 0 Å². The van der Waals surface area contributed by atoms with Crippen LogP contribution in [0, 0.1) is 17.8 Å². The quantitative estimate of drug-likeness (QED) is 0.806. The van der Waals surface area contributed by atoms with E-state index in [0.717, 1.165) is 11.5 Å². The maximum atomic E-state index is 12.3. The molecule has 0 radical (unpaired) electrons. The SMILES string of the molecule is O=C(NC1C2CC3=CC(C2)CC1C3)c1ccccc1. The molecule has 2 saturated carbocycles. The van der Waals surface area contributed by atoms with E-state index in [1.54, 1.807) is 5.57 Å². The first-order valence-electron chi connectivity index (χ1n) is 7.35. The third-order valence-electron chi connectivity index (χ3n) is 5.08. The van der Waals surface area contributed by atoms with Crippen molar-refractivity contribution in [3.8, 4) is 0 Å². The summed E-state index contributed by atoms with van der Waals surface area (Å²) in [5.41, 5.74) is 2.44. The van der Waals surface area contributed by atoms with Gasteiger partial charge in [-0.1, -0.05) is 29.8 Å². The number of benzene rings is 1. The van der Waals surface area contributed by atoms with Crippen LogP contribution < -0.4 is 5.32 Å². The molecule has 1 aromatic carbocycles. The molecule has 0 aromatic heterocycles. The third-order valence-corrected chi connectivity index (χ3v) is 5.08. The van der Waals surface area contributed by atoms with E-state index in [1.165, 1.54) is 25.7 Å². The van der Waals surface area contributed by atoms with Crippen LogP contribution in [0.15, 0.2) is 42.0 Å². The van der Waals surface area contributed by atoms with Crippen LogP contribution in [-0.2, 0) is 0 Å². The number of carbonyl (C=O) groups is 1. The van der Waals surface area contributed by atoms with E-state index in [2.05, 4.69) is 11.4 Å². The highest BCUT2D eigenvalue weighted by molar-refractivity contribution is 5.94. The Morgan fingerprint density at radius 2 is 1.74 bits per heavy atom. The molecular formula is C17H19NO. The van der Waals surface area contributed by atoms with Crippen molar-refractivity contribution >= 4 is 5.91 Å². The monoisotopic (exact) mass is 253 g/mol. The lowest BCUT2D eigenvalue weighted by Crippen LogP contribution is -2.53. The number of amides is 1. The fourth-order valence-corrected chi connectivity index (χ4v) is 4.39. The number of hydrogen-bond acceptors (Lipinski definition) is 1. The summed E-state index contributed by atoms with van der Waals surface area (Å²) in [5, 5.41) is 3.31. The summed E-state index contributed by atoms with van der Waals surface area (Å²) in [5.74, 6) is 2.28. The van der Waals surface area contributed by atoms with E-state index in [1.807, 2.05) is 30.3 Å². The van der Waals surface area contributed by atoms with Gasteiger partial charge in [0.25, 0.3) is 5.91 Å². The second-order valence-corrected chi connectivity index (χ2v) is 6.35. The van der Waals surface area contributed by atoms with Gasteiger partial charge in [0.05, 0.1) is 0 Å². The normalized spacial score (nSPS) is 35.1. The van der Waals surface area contributed by atoms with Crippen LogP contribution in [0.4, 0.5) is 0 Å². The Balaban J connectivity index is 1.52. The number of carbonyl (C=O) groups excluding carboxylic acids is 1. The Morgan fingerprint density at radius 1 is 1.05 bits per heavy atom. The zero-order chi connectivity index (χ0) is 12.8. The molecule has 1 aromatic rings. The Morgan fingerprint density at radius 3 is 2.37 bits per heavy atom. The lowest BCUT2D eigenvalue weighted by Gasteiger charge is -2.50. The molecule has 2 atom stereocenters. The van der Waals surface area contributed by atoms with E-state index in [4.69, 9.17) is 0 Å². The average Bonchev–Trinajstić information content (AvgIpc) is 2.43. The van der Waals surface area contributed by atoms with Gasteiger partial charge < -0.3 is 5.32 Å². The highest BCUT2D eigenvalue weighted by Crippen LogP contribution is 2.50. The molecule has 4 aliphatic carbocycles. The summed E-state index contributed by atoms with van der Waals surface area (Å²) in [7, 11) is 0. The molecule has 4 bridgehead atoms. The van der Waals surface area contributed by atoms with Gasteiger partial charge in [-0.15, -0.1) is 0 Å². The number of hydrogen-bond donors (Lipinski definition) is 1. The van der Waals surface area contributed by atoms with E-state index in [0.29, 0.717) is 17.9 Å². The summed E-state index contributed by atoms with van der Waals surface area (Å²) in [6.07, 6.45) is 7.49. The predicted molar refractivity (Wildman–Crippen MR) is 74.7 cm³/mol. The molecule has 2 heteroatoms. The Bertz CT molecular complexity index is 515. The molecule has 1 N–H and O–H groups in total. The molecule has 2 nitrogen and oxygen atoms in total.